The second-order valence-corrected chi connectivity index (χ2v) is 6.24. The standard InChI is InChI=1S/C17H18BrNO2/c1-21-16-7-11(6-15(18)17(16)20)10-19-14-8-12-4-2-3-5-13(12)9-14/h2-7,14,19-20H,8-10H2,1H3. The number of phenolic OH excluding ortho intramolecular Hbond substituents is 1. The van der Waals surface area contributed by atoms with Gasteiger partial charge in [-0.3, -0.25) is 0 Å². The van der Waals surface area contributed by atoms with E-state index in [0.717, 1.165) is 24.9 Å². The Bertz CT molecular complexity index is 632. The highest BCUT2D eigenvalue weighted by molar-refractivity contribution is 9.10. The third-order valence-electron chi connectivity index (χ3n) is 3.95. The van der Waals surface area contributed by atoms with Gasteiger partial charge in [0.15, 0.2) is 11.5 Å². The third kappa shape index (κ3) is 3.06. The van der Waals surface area contributed by atoms with Crippen molar-refractivity contribution in [1.29, 1.82) is 0 Å². The second kappa shape index (κ2) is 6.08. The van der Waals surface area contributed by atoms with Crippen molar-refractivity contribution in [2.45, 2.75) is 25.4 Å². The molecule has 0 saturated heterocycles. The summed E-state index contributed by atoms with van der Waals surface area (Å²) in [5.74, 6) is 0.644. The third-order valence-corrected chi connectivity index (χ3v) is 4.56. The molecule has 21 heavy (non-hydrogen) atoms. The number of rotatable bonds is 4. The lowest BCUT2D eigenvalue weighted by Crippen LogP contribution is -2.28. The van der Waals surface area contributed by atoms with Crippen LogP contribution in [0.5, 0.6) is 11.5 Å². The van der Waals surface area contributed by atoms with Crippen molar-refractivity contribution >= 4 is 15.9 Å². The number of hydrogen-bond donors (Lipinski definition) is 2. The van der Waals surface area contributed by atoms with Crippen LogP contribution in [0.1, 0.15) is 16.7 Å². The van der Waals surface area contributed by atoms with Crippen molar-refractivity contribution in [3.8, 4) is 11.5 Å². The van der Waals surface area contributed by atoms with Gasteiger partial charge in [-0.2, -0.15) is 0 Å². The van der Waals surface area contributed by atoms with Crippen LogP contribution in [-0.4, -0.2) is 18.3 Å². The SMILES string of the molecule is COc1cc(CNC2Cc3ccccc3C2)cc(Br)c1O. The predicted octanol–water partition coefficient (Wildman–Crippen LogP) is 3.42. The van der Waals surface area contributed by atoms with Crippen LogP contribution in [0, 0.1) is 0 Å². The average molecular weight is 348 g/mol. The number of fused-ring (bicyclic) bond motifs is 1. The fraction of sp³-hybridized carbons (Fsp3) is 0.294. The first kappa shape index (κ1) is 14.4. The lowest BCUT2D eigenvalue weighted by Gasteiger charge is -2.14. The van der Waals surface area contributed by atoms with Gasteiger partial charge in [0.1, 0.15) is 0 Å². The van der Waals surface area contributed by atoms with Gasteiger partial charge in [0.25, 0.3) is 0 Å². The molecule has 3 nitrogen and oxygen atoms in total. The smallest absolute Gasteiger partial charge is 0.172 e. The summed E-state index contributed by atoms with van der Waals surface area (Å²) in [5, 5.41) is 13.4. The first-order valence-corrected chi connectivity index (χ1v) is 7.82. The van der Waals surface area contributed by atoms with Gasteiger partial charge in [-0.1, -0.05) is 24.3 Å². The summed E-state index contributed by atoms with van der Waals surface area (Å²) >= 11 is 3.36. The van der Waals surface area contributed by atoms with Gasteiger partial charge in [-0.25, -0.2) is 0 Å². The molecule has 0 aliphatic heterocycles. The topological polar surface area (TPSA) is 41.5 Å². The van der Waals surface area contributed by atoms with E-state index in [-0.39, 0.29) is 5.75 Å². The zero-order chi connectivity index (χ0) is 14.8. The molecule has 0 atom stereocenters. The van der Waals surface area contributed by atoms with Gasteiger partial charge in [-0.15, -0.1) is 0 Å². The lowest BCUT2D eigenvalue weighted by molar-refractivity contribution is 0.371. The highest BCUT2D eigenvalue weighted by atomic mass is 79.9. The molecule has 2 aromatic rings. The first-order chi connectivity index (χ1) is 10.2. The molecule has 0 unspecified atom stereocenters. The van der Waals surface area contributed by atoms with Crippen LogP contribution in [-0.2, 0) is 19.4 Å². The zero-order valence-corrected chi connectivity index (χ0v) is 13.5. The minimum atomic E-state index is 0.148. The molecular weight excluding hydrogens is 330 g/mol. The maximum Gasteiger partial charge on any atom is 0.172 e. The van der Waals surface area contributed by atoms with Crippen LogP contribution in [0.3, 0.4) is 0 Å². The van der Waals surface area contributed by atoms with E-state index < -0.39 is 0 Å². The number of hydrogen-bond acceptors (Lipinski definition) is 3. The predicted molar refractivity (Wildman–Crippen MR) is 86.8 cm³/mol. The number of halogens is 1. The Balaban J connectivity index is 1.66. The Morgan fingerprint density at radius 3 is 2.52 bits per heavy atom. The fourth-order valence-electron chi connectivity index (χ4n) is 2.85. The van der Waals surface area contributed by atoms with E-state index >= 15 is 0 Å². The zero-order valence-electron chi connectivity index (χ0n) is 11.9. The molecule has 4 heteroatoms. The summed E-state index contributed by atoms with van der Waals surface area (Å²) in [6.07, 6.45) is 2.15. The van der Waals surface area contributed by atoms with Crippen LogP contribution in [0.2, 0.25) is 0 Å². The molecule has 0 heterocycles. The highest BCUT2D eigenvalue weighted by Crippen LogP contribution is 2.35. The Morgan fingerprint density at radius 2 is 1.90 bits per heavy atom. The Labute approximate surface area is 133 Å². The average Bonchev–Trinajstić information content (AvgIpc) is 2.91. The summed E-state index contributed by atoms with van der Waals surface area (Å²) in [5.41, 5.74) is 3.98. The molecule has 0 aromatic heterocycles. The molecular formula is C17H18BrNO2. The molecule has 2 aromatic carbocycles. The summed E-state index contributed by atoms with van der Waals surface area (Å²) in [6, 6.07) is 12.9. The van der Waals surface area contributed by atoms with Gasteiger partial charge in [0.05, 0.1) is 11.6 Å². The summed E-state index contributed by atoms with van der Waals surface area (Å²) in [6.45, 7) is 0.758. The van der Waals surface area contributed by atoms with Crippen molar-refractivity contribution < 1.29 is 9.84 Å². The Morgan fingerprint density at radius 1 is 1.24 bits per heavy atom. The van der Waals surface area contributed by atoms with Crippen molar-refractivity contribution in [1.82, 2.24) is 5.32 Å². The highest BCUT2D eigenvalue weighted by Gasteiger charge is 2.20. The van der Waals surface area contributed by atoms with Crippen LogP contribution >= 0.6 is 15.9 Å². The van der Waals surface area contributed by atoms with E-state index in [2.05, 4.69) is 45.5 Å². The number of methoxy groups -OCH3 is 1. The van der Waals surface area contributed by atoms with Crippen molar-refractivity contribution in [2.75, 3.05) is 7.11 Å². The monoisotopic (exact) mass is 347 g/mol. The van der Waals surface area contributed by atoms with Gasteiger partial charge in [-0.05, 0) is 57.6 Å². The maximum absolute atomic E-state index is 9.83. The molecule has 0 radical (unpaired) electrons. The van der Waals surface area contributed by atoms with E-state index in [1.54, 1.807) is 7.11 Å². The second-order valence-electron chi connectivity index (χ2n) is 5.38. The molecule has 0 spiro atoms. The number of phenols is 1. The molecule has 2 N–H and O–H groups in total. The number of benzene rings is 2. The minimum Gasteiger partial charge on any atom is -0.503 e. The van der Waals surface area contributed by atoms with Crippen molar-refractivity contribution in [2.24, 2.45) is 0 Å². The summed E-state index contributed by atoms with van der Waals surface area (Å²) < 4.78 is 5.84. The minimum absolute atomic E-state index is 0.148. The Kier molecular flexibility index (Phi) is 4.17. The molecule has 1 aliphatic rings. The fourth-order valence-corrected chi connectivity index (χ4v) is 3.34. The van der Waals surface area contributed by atoms with Crippen LogP contribution in [0.25, 0.3) is 0 Å². The van der Waals surface area contributed by atoms with E-state index in [0.29, 0.717) is 16.3 Å². The van der Waals surface area contributed by atoms with Crippen molar-refractivity contribution in [3.63, 3.8) is 0 Å². The van der Waals surface area contributed by atoms with E-state index in [1.807, 2.05) is 12.1 Å². The summed E-state index contributed by atoms with van der Waals surface area (Å²) in [7, 11) is 1.56. The van der Waals surface area contributed by atoms with E-state index in [9.17, 15) is 5.11 Å². The lowest BCUT2D eigenvalue weighted by atomic mass is 10.1. The number of ether oxygens (including phenoxy) is 1. The van der Waals surface area contributed by atoms with Gasteiger partial charge < -0.3 is 15.2 Å². The summed E-state index contributed by atoms with van der Waals surface area (Å²) in [4.78, 5) is 0. The van der Waals surface area contributed by atoms with Crippen LogP contribution < -0.4 is 10.1 Å². The number of nitrogens with one attached hydrogen (secondary N) is 1. The van der Waals surface area contributed by atoms with Crippen LogP contribution in [0.15, 0.2) is 40.9 Å². The van der Waals surface area contributed by atoms with E-state index in [1.165, 1.54) is 11.1 Å². The van der Waals surface area contributed by atoms with Gasteiger partial charge in [0.2, 0.25) is 0 Å². The largest absolute Gasteiger partial charge is 0.503 e. The molecule has 110 valence electrons. The Hall–Kier alpha value is -1.52. The van der Waals surface area contributed by atoms with Gasteiger partial charge in [0, 0.05) is 12.6 Å². The quantitative estimate of drug-likeness (QED) is 0.890. The van der Waals surface area contributed by atoms with Crippen LogP contribution in [0.4, 0.5) is 0 Å². The maximum atomic E-state index is 9.83. The molecule has 1 aliphatic carbocycles. The van der Waals surface area contributed by atoms with Crippen molar-refractivity contribution in [3.05, 3.63) is 57.6 Å². The molecule has 0 saturated carbocycles. The van der Waals surface area contributed by atoms with E-state index in [4.69, 9.17) is 4.74 Å². The number of aromatic hydroxyl groups is 1. The molecule has 0 bridgehead atoms. The normalized spacial score (nSPS) is 14.2. The first-order valence-electron chi connectivity index (χ1n) is 7.03. The molecule has 0 fully saturated rings. The molecule has 3 rings (SSSR count). The van der Waals surface area contributed by atoms with Gasteiger partial charge >= 0.3 is 0 Å². The molecule has 0 amide bonds.